The van der Waals surface area contributed by atoms with Crippen molar-refractivity contribution in [3.63, 3.8) is 0 Å². The number of nitrogens with zero attached hydrogens (tertiary/aromatic N) is 2. The van der Waals surface area contributed by atoms with Crippen LogP contribution in [0.2, 0.25) is 5.02 Å². The van der Waals surface area contributed by atoms with E-state index in [1.165, 1.54) is 16.0 Å². The summed E-state index contributed by atoms with van der Waals surface area (Å²) in [5, 5.41) is 9.94. The number of hydrogen-bond acceptors (Lipinski definition) is 4. The van der Waals surface area contributed by atoms with Crippen molar-refractivity contribution in [2.75, 3.05) is 0 Å². The Labute approximate surface area is 167 Å². The van der Waals surface area contributed by atoms with Gasteiger partial charge in [-0.25, -0.2) is 5.01 Å². The fraction of sp³-hybridized carbons (Fsp3) is 0.227. The van der Waals surface area contributed by atoms with E-state index in [-0.39, 0.29) is 12.3 Å². The summed E-state index contributed by atoms with van der Waals surface area (Å²) >= 11 is 8.02. The average molecular weight is 395 g/mol. The molecule has 0 radical (unpaired) electrons. The molecule has 0 saturated carbocycles. The maximum atomic E-state index is 6.44. The summed E-state index contributed by atoms with van der Waals surface area (Å²) in [6.45, 7) is 4.25. The maximum Gasteiger partial charge on any atom is 0.214 e. The minimum Gasteiger partial charge on any atom is -0.464 e. The molecule has 0 unspecified atom stereocenters. The summed E-state index contributed by atoms with van der Waals surface area (Å²) in [6, 6.07) is 16.7. The van der Waals surface area contributed by atoms with Crippen LogP contribution in [0.5, 0.6) is 5.75 Å². The van der Waals surface area contributed by atoms with Crippen molar-refractivity contribution in [2.45, 2.75) is 32.5 Å². The number of thiophene rings is 1. The molecule has 0 amide bonds. The van der Waals surface area contributed by atoms with Crippen LogP contribution in [0.25, 0.3) is 0 Å². The second kappa shape index (κ2) is 6.39. The predicted octanol–water partition coefficient (Wildman–Crippen LogP) is 6.26. The number of rotatable bonds is 2. The second-order valence-electron chi connectivity index (χ2n) is 7.14. The fourth-order valence-electron chi connectivity index (χ4n) is 3.96. The third-order valence-corrected chi connectivity index (χ3v) is 6.40. The molecule has 3 nitrogen and oxygen atoms in total. The van der Waals surface area contributed by atoms with Gasteiger partial charge < -0.3 is 4.74 Å². The Kier molecular flexibility index (Phi) is 3.99. The van der Waals surface area contributed by atoms with Crippen LogP contribution in [0.1, 0.15) is 45.8 Å². The number of fused-ring (bicyclic) bond motifs is 3. The van der Waals surface area contributed by atoms with E-state index in [1.54, 1.807) is 11.3 Å². The van der Waals surface area contributed by atoms with Gasteiger partial charge in [0.25, 0.3) is 0 Å². The van der Waals surface area contributed by atoms with E-state index < -0.39 is 0 Å². The molecule has 2 aliphatic heterocycles. The van der Waals surface area contributed by atoms with Gasteiger partial charge in [-0.2, -0.15) is 5.10 Å². The molecule has 0 saturated heterocycles. The van der Waals surface area contributed by atoms with Gasteiger partial charge in [0.05, 0.1) is 16.6 Å². The van der Waals surface area contributed by atoms with E-state index in [2.05, 4.69) is 54.6 Å². The zero-order chi connectivity index (χ0) is 18.5. The number of hydrogen-bond donors (Lipinski definition) is 0. The van der Waals surface area contributed by atoms with E-state index in [4.69, 9.17) is 21.4 Å². The minimum absolute atomic E-state index is 0.134. The predicted molar refractivity (Wildman–Crippen MR) is 111 cm³/mol. The second-order valence-corrected chi connectivity index (χ2v) is 8.52. The van der Waals surface area contributed by atoms with Crippen molar-refractivity contribution in [3.8, 4) is 5.75 Å². The van der Waals surface area contributed by atoms with Crippen LogP contribution >= 0.6 is 22.9 Å². The Bertz CT molecular complexity index is 1040. The molecule has 0 bridgehead atoms. The van der Waals surface area contributed by atoms with Crippen LogP contribution in [-0.2, 0) is 0 Å². The highest BCUT2D eigenvalue weighted by Crippen LogP contribution is 2.48. The standard InChI is InChI=1S/C22H19ClN2OS/c1-13-5-7-16(14(2)10-13)22-25-19(12-18(24-25)21-4-3-9-27-21)17-11-15(23)6-8-20(17)26-22/h3-11,19,22H,12H2,1-2H3/t19-,22-/m1/s1. The lowest BCUT2D eigenvalue weighted by Crippen LogP contribution is -2.34. The smallest absolute Gasteiger partial charge is 0.214 e. The molecule has 3 aromatic rings. The van der Waals surface area contributed by atoms with E-state index in [0.717, 1.165) is 34.0 Å². The molecule has 3 heterocycles. The van der Waals surface area contributed by atoms with E-state index in [9.17, 15) is 0 Å². The summed E-state index contributed by atoms with van der Waals surface area (Å²) in [5.41, 5.74) is 5.85. The van der Waals surface area contributed by atoms with Crippen molar-refractivity contribution in [3.05, 3.63) is 86.1 Å². The van der Waals surface area contributed by atoms with Crippen molar-refractivity contribution in [1.82, 2.24) is 5.01 Å². The summed E-state index contributed by atoms with van der Waals surface area (Å²) < 4.78 is 6.44. The quantitative estimate of drug-likeness (QED) is 0.512. The van der Waals surface area contributed by atoms with Gasteiger partial charge in [-0.1, -0.05) is 41.4 Å². The summed E-state index contributed by atoms with van der Waals surface area (Å²) in [7, 11) is 0. The lowest BCUT2D eigenvalue weighted by atomic mass is 9.96. The third kappa shape index (κ3) is 2.84. The van der Waals surface area contributed by atoms with Crippen LogP contribution in [0, 0.1) is 13.8 Å². The first-order valence-corrected chi connectivity index (χ1v) is 10.3. The highest BCUT2D eigenvalue weighted by atomic mass is 35.5. The number of benzene rings is 2. The van der Waals surface area contributed by atoms with Gasteiger partial charge in [0.2, 0.25) is 6.23 Å². The summed E-state index contributed by atoms with van der Waals surface area (Å²) in [4.78, 5) is 1.22. The Morgan fingerprint density at radius 3 is 2.78 bits per heavy atom. The Hall–Kier alpha value is -2.30. The Morgan fingerprint density at radius 1 is 1.11 bits per heavy atom. The van der Waals surface area contributed by atoms with Gasteiger partial charge >= 0.3 is 0 Å². The molecule has 2 atom stereocenters. The molecule has 0 N–H and O–H groups in total. The van der Waals surface area contributed by atoms with E-state index in [1.807, 2.05) is 18.2 Å². The monoisotopic (exact) mass is 394 g/mol. The molecule has 1 aromatic heterocycles. The van der Waals surface area contributed by atoms with Crippen molar-refractivity contribution in [2.24, 2.45) is 5.10 Å². The SMILES string of the molecule is Cc1ccc([C@H]2Oc3ccc(Cl)cc3[C@H]3CC(c4cccs4)=NN32)c(C)c1. The van der Waals surface area contributed by atoms with Crippen molar-refractivity contribution < 1.29 is 4.74 Å². The molecule has 27 heavy (non-hydrogen) atoms. The largest absolute Gasteiger partial charge is 0.464 e. The molecule has 0 aliphatic carbocycles. The zero-order valence-electron chi connectivity index (χ0n) is 15.1. The normalized spacial score (nSPS) is 20.7. The fourth-order valence-corrected chi connectivity index (χ4v) is 4.86. The van der Waals surface area contributed by atoms with Gasteiger partial charge in [0, 0.05) is 22.6 Å². The van der Waals surface area contributed by atoms with Gasteiger partial charge in [-0.05, 0) is 49.1 Å². The van der Waals surface area contributed by atoms with Crippen LogP contribution < -0.4 is 4.74 Å². The first kappa shape index (κ1) is 16.8. The van der Waals surface area contributed by atoms with Gasteiger partial charge in [-0.3, -0.25) is 0 Å². The Morgan fingerprint density at radius 2 is 2.00 bits per heavy atom. The lowest BCUT2D eigenvalue weighted by molar-refractivity contribution is -0.0194. The van der Waals surface area contributed by atoms with E-state index >= 15 is 0 Å². The topological polar surface area (TPSA) is 24.8 Å². The first-order valence-electron chi connectivity index (χ1n) is 9.03. The minimum atomic E-state index is -0.235. The van der Waals surface area contributed by atoms with Crippen LogP contribution in [0.4, 0.5) is 0 Å². The number of ether oxygens (including phenoxy) is 1. The molecular formula is C22H19ClN2OS. The molecule has 0 fully saturated rings. The van der Waals surface area contributed by atoms with Crippen LogP contribution in [0.15, 0.2) is 59.0 Å². The molecule has 5 heteroatoms. The highest BCUT2D eigenvalue weighted by molar-refractivity contribution is 7.12. The molecule has 2 aliphatic rings. The molecule has 136 valence electrons. The van der Waals surface area contributed by atoms with Crippen LogP contribution in [-0.4, -0.2) is 10.7 Å². The van der Waals surface area contributed by atoms with E-state index in [0.29, 0.717) is 0 Å². The van der Waals surface area contributed by atoms with Gasteiger partial charge in [0.15, 0.2) is 0 Å². The summed E-state index contributed by atoms with van der Waals surface area (Å²) in [6.07, 6.45) is 0.625. The van der Waals surface area contributed by atoms with Gasteiger partial charge in [-0.15, -0.1) is 11.3 Å². The average Bonchev–Trinajstić information content (AvgIpc) is 3.31. The molecule has 2 aromatic carbocycles. The van der Waals surface area contributed by atoms with Crippen molar-refractivity contribution >= 4 is 28.6 Å². The first-order chi connectivity index (χ1) is 13.1. The number of hydrazone groups is 1. The number of halogens is 1. The van der Waals surface area contributed by atoms with Gasteiger partial charge in [0.1, 0.15) is 5.75 Å². The highest BCUT2D eigenvalue weighted by Gasteiger charge is 2.41. The lowest BCUT2D eigenvalue weighted by Gasteiger charge is -2.38. The summed E-state index contributed by atoms with van der Waals surface area (Å²) in [5.74, 6) is 0.897. The van der Waals surface area contributed by atoms with Crippen molar-refractivity contribution in [1.29, 1.82) is 0 Å². The zero-order valence-corrected chi connectivity index (χ0v) is 16.7. The number of aryl methyl sites for hydroxylation is 2. The molecule has 5 rings (SSSR count). The maximum absolute atomic E-state index is 6.44. The molecule has 0 spiro atoms. The Balaban J connectivity index is 1.64. The molecular weight excluding hydrogens is 376 g/mol. The van der Waals surface area contributed by atoms with Crippen LogP contribution in [0.3, 0.4) is 0 Å². The third-order valence-electron chi connectivity index (χ3n) is 5.25.